The van der Waals surface area contributed by atoms with E-state index in [1.807, 2.05) is 42.5 Å². The van der Waals surface area contributed by atoms with Crippen LogP contribution in [0.2, 0.25) is 0 Å². The standard InChI is InChI=1S/C31H31NO3S/c32-19-23-5-4-6-27(17-23)24-13-15-26(16-14-24)31-34-28(21-36-29-7-2-1-3-8-29)18-30(35-31)25-11-9-22(20-33)10-12-25/h1-17,28,30-31,33H,18-21,32H2/t28-,30+,31+/m1/s1. The Hall–Kier alpha value is -2.93. The van der Waals surface area contributed by atoms with Gasteiger partial charge in [-0.1, -0.05) is 84.9 Å². The summed E-state index contributed by atoms with van der Waals surface area (Å²) in [5.74, 6) is 0.846. The minimum absolute atomic E-state index is 0.0361. The first kappa shape index (κ1) is 24.8. The molecule has 0 bridgehead atoms. The first-order valence-corrected chi connectivity index (χ1v) is 13.3. The zero-order valence-corrected chi connectivity index (χ0v) is 20.9. The summed E-state index contributed by atoms with van der Waals surface area (Å²) in [4.78, 5) is 1.23. The lowest BCUT2D eigenvalue weighted by atomic mass is 9.99. The van der Waals surface area contributed by atoms with Crippen molar-refractivity contribution >= 4 is 11.8 Å². The van der Waals surface area contributed by atoms with E-state index in [0.29, 0.717) is 6.54 Å². The van der Waals surface area contributed by atoms with E-state index < -0.39 is 6.29 Å². The molecule has 1 saturated heterocycles. The van der Waals surface area contributed by atoms with E-state index in [0.717, 1.165) is 45.6 Å². The zero-order chi connectivity index (χ0) is 24.7. The van der Waals surface area contributed by atoms with Gasteiger partial charge >= 0.3 is 0 Å². The highest BCUT2D eigenvalue weighted by atomic mass is 32.2. The molecule has 1 aliphatic heterocycles. The van der Waals surface area contributed by atoms with Gasteiger partial charge in [0.1, 0.15) is 0 Å². The molecule has 0 aliphatic carbocycles. The van der Waals surface area contributed by atoms with Gasteiger partial charge in [-0.05, 0) is 46.0 Å². The van der Waals surface area contributed by atoms with Gasteiger partial charge in [0.15, 0.2) is 6.29 Å². The van der Waals surface area contributed by atoms with Gasteiger partial charge in [0.2, 0.25) is 0 Å². The Bertz CT molecular complexity index is 1250. The van der Waals surface area contributed by atoms with Crippen LogP contribution in [0.4, 0.5) is 0 Å². The molecule has 4 aromatic carbocycles. The van der Waals surface area contributed by atoms with Crippen molar-refractivity contribution < 1.29 is 14.6 Å². The quantitative estimate of drug-likeness (QED) is 0.267. The fraction of sp³-hybridized carbons (Fsp3) is 0.226. The summed E-state index contributed by atoms with van der Waals surface area (Å²) in [5.41, 5.74) is 12.2. The highest BCUT2D eigenvalue weighted by molar-refractivity contribution is 7.99. The Kier molecular flexibility index (Phi) is 8.16. The normalized spacial score (nSPS) is 19.8. The Morgan fingerprint density at radius 3 is 2.22 bits per heavy atom. The van der Waals surface area contributed by atoms with Crippen LogP contribution in [0.5, 0.6) is 0 Å². The average molecular weight is 498 g/mol. The summed E-state index contributed by atoms with van der Waals surface area (Å²) < 4.78 is 13.0. The number of nitrogens with two attached hydrogens (primary N) is 1. The van der Waals surface area contributed by atoms with Gasteiger partial charge in [0.25, 0.3) is 0 Å². The van der Waals surface area contributed by atoms with Crippen LogP contribution >= 0.6 is 11.8 Å². The molecule has 3 N–H and O–H groups in total. The van der Waals surface area contributed by atoms with E-state index in [2.05, 4.69) is 60.7 Å². The smallest absolute Gasteiger partial charge is 0.184 e. The summed E-state index contributed by atoms with van der Waals surface area (Å²) >= 11 is 1.81. The number of hydrogen-bond acceptors (Lipinski definition) is 5. The molecule has 0 unspecified atom stereocenters. The summed E-state index contributed by atoms with van der Waals surface area (Å²) in [6.45, 7) is 0.563. The molecule has 5 heteroatoms. The second-order valence-electron chi connectivity index (χ2n) is 9.00. The van der Waals surface area contributed by atoms with Gasteiger partial charge in [-0.25, -0.2) is 0 Å². The number of ether oxygens (including phenoxy) is 2. The van der Waals surface area contributed by atoms with Crippen molar-refractivity contribution in [3.8, 4) is 11.1 Å². The van der Waals surface area contributed by atoms with Crippen molar-refractivity contribution in [2.45, 2.75) is 43.0 Å². The van der Waals surface area contributed by atoms with Crippen molar-refractivity contribution in [3.05, 3.63) is 125 Å². The van der Waals surface area contributed by atoms with Crippen LogP contribution < -0.4 is 5.73 Å². The fourth-order valence-corrected chi connectivity index (χ4v) is 5.38. The number of aliphatic hydroxyl groups excluding tert-OH is 1. The Morgan fingerprint density at radius 2 is 1.50 bits per heavy atom. The maximum atomic E-state index is 9.42. The van der Waals surface area contributed by atoms with Crippen LogP contribution in [0.15, 0.2) is 108 Å². The van der Waals surface area contributed by atoms with Crippen molar-refractivity contribution in [1.82, 2.24) is 0 Å². The number of rotatable bonds is 8. The van der Waals surface area contributed by atoms with Crippen molar-refractivity contribution in [2.24, 2.45) is 5.73 Å². The lowest BCUT2D eigenvalue weighted by molar-refractivity contribution is -0.245. The second-order valence-corrected chi connectivity index (χ2v) is 10.1. The number of aliphatic hydroxyl groups is 1. The van der Waals surface area contributed by atoms with E-state index in [1.165, 1.54) is 4.90 Å². The third-order valence-corrected chi connectivity index (χ3v) is 7.62. The summed E-state index contributed by atoms with van der Waals surface area (Å²) in [7, 11) is 0. The van der Waals surface area contributed by atoms with Crippen molar-refractivity contribution in [1.29, 1.82) is 0 Å². The van der Waals surface area contributed by atoms with Crippen LogP contribution in [-0.4, -0.2) is 17.0 Å². The molecule has 0 saturated carbocycles. The molecule has 184 valence electrons. The maximum Gasteiger partial charge on any atom is 0.184 e. The SMILES string of the molecule is NCc1cccc(-c2ccc([C@H]3O[C@@H](CSc4ccccc4)C[C@@H](c4ccc(CO)cc4)O3)cc2)c1. The monoisotopic (exact) mass is 497 g/mol. The number of thioether (sulfide) groups is 1. The van der Waals surface area contributed by atoms with E-state index in [-0.39, 0.29) is 18.8 Å². The maximum absolute atomic E-state index is 9.42. The highest BCUT2D eigenvalue weighted by Gasteiger charge is 2.32. The minimum atomic E-state index is -0.452. The van der Waals surface area contributed by atoms with Crippen LogP contribution in [0.25, 0.3) is 11.1 Å². The first-order valence-electron chi connectivity index (χ1n) is 12.3. The van der Waals surface area contributed by atoms with Gasteiger partial charge in [-0.2, -0.15) is 0 Å². The third kappa shape index (κ3) is 6.06. The largest absolute Gasteiger partial charge is 0.392 e. The Labute approximate surface area is 217 Å². The van der Waals surface area contributed by atoms with Crippen molar-refractivity contribution in [2.75, 3.05) is 5.75 Å². The van der Waals surface area contributed by atoms with Gasteiger partial charge in [0, 0.05) is 29.2 Å². The molecule has 1 aliphatic rings. The molecule has 3 atom stereocenters. The van der Waals surface area contributed by atoms with Crippen LogP contribution in [-0.2, 0) is 22.6 Å². The lowest BCUT2D eigenvalue weighted by Crippen LogP contribution is -2.31. The molecule has 4 nitrogen and oxygen atoms in total. The van der Waals surface area contributed by atoms with E-state index in [1.54, 1.807) is 11.8 Å². The van der Waals surface area contributed by atoms with Gasteiger partial charge in [-0.3, -0.25) is 0 Å². The van der Waals surface area contributed by atoms with E-state index in [9.17, 15) is 5.11 Å². The minimum Gasteiger partial charge on any atom is -0.392 e. The van der Waals surface area contributed by atoms with Gasteiger partial charge in [0.05, 0.1) is 18.8 Å². The van der Waals surface area contributed by atoms with Crippen LogP contribution in [0.1, 0.15) is 41.1 Å². The van der Waals surface area contributed by atoms with E-state index >= 15 is 0 Å². The third-order valence-electron chi connectivity index (χ3n) is 6.47. The molecule has 0 radical (unpaired) electrons. The number of hydrogen-bond donors (Lipinski definition) is 2. The molecule has 0 aromatic heterocycles. The summed E-state index contributed by atoms with van der Waals surface area (Å²) in [6.07, 6.45) is 0.280. The highest BCUT2D eigenvalue weighted by Crippen LogP contribution is 2.39. The van der Waals surface area contributed by atoms with Gasteiger partial charge in [-0.15, -0.1) is 11.8 Å². The molecule has 1 heterocycles. The molecule has 1 fully saturated rings. The lowest BCUT2D eigenvalue weighted by Gasteiger charge is -2.36. The molecule has 36 heavy (non-hydrogen) atoms. The molecule has 4 aromatic rings. The number of benzene rings is 4. The second kappa shape index (κ2) is 11.9. The molecule has 5 rings (SSSR count). The molecular formula is C31H31NO3S. The molecule has 0 spiro atoms. The first-order chi connectivity index (χ1) is 17.7. The topological polar surface area (TPSA) is 64.7 Å². The van der Waals surface area contributed by atoms with E-state index in [4.69, 9.17) is 15.2 Å². The predicted molar refractivity (Wildman–Crippen MR) is 145 cm³/mol. The van der Waals surface area contributed by atoms with Gasteiger partial charge < -0.3 is 20.3 Å². The predicted octanol–water partition coefficient (Wildman–Crippen LogP) is 6.64. The Morgan fingerprint density at radius 1 is 0.750 bits per heavy atom. The fourth-order valence-electron chi connectivity index (χ4n) is 4.44. The Balaban J connectivity index is 1.36. The molecule has 0 amide bonds. The van der Waals surface area contributed by atoms with Crippen LogP contribution in [0.3, 0.4) is 0 Å². The summed E-state index contributed by atoms with van der Waals surface area (Å²) in [5, 5.41) is 9.42. The summed E-state index contributed by atoms with van der Waals surface area (Å²) in [6, 6.07) is 35.2. The van der Waals surface area contributed by atoms with Crippen molar-refractivity contribution in [3.63, 3.8) is 0 Å². The van der Waals surface area contributed by atoms with Crippen LogP contribution in [0, 0.1) is 0 Å². The zero-order valence-electron chi connectivity index (χ0n) is 20.1. The molecular weight excluding hydrogens is 466 g/mol. The average Bonchev–Trinajstić information content (AvgIpc) is 2.96.